The van der Waals surface area contributed by atoms with Gasteiger partial charge < -0.3 is 10.2 Å². The number of rotatable bonds is 3. The fraction of sp³-hybridized carbons (Fsp3) is 0.909. The summed E-state index contributed by atoms with van der Waals surface area (Å²) in [6, 6.07) is 0.506. The van der Waals surface area contributed by atoms with Gasteiger partial charge in [-0.2, -0.15) is 0 Å². The number of nitrogens with zero attached hydrogens (tertiary/aromatic N) is 1. The van der Waals surface area contributed by atoms with Gasteiger partial charge in [-0.25, -0.2) is 4.79 Å². The van der Waals surface area contributed by atoms with Crippen molar-refractivity contribution >= 4 is 6.03 Å². The Morgan fingerprint density at radius 2 is 2.07 bits per heavy atom. The van der Waals surface area contributed by atoms with Crippen LogP contribution in [0.15, 0.2) is 0 Å². The van der Waals surface area contributed by atoms with Crippen molar-refractivity contribution in [2.75, 3.05) is 13.1 Å². The highest BCUT2D eigenvalue weighted by molar-refractivity contribution is 5.74. The summed E-state index contributed by atoms with van der Waals surface area (Å²) in [5.41, 5.74) is 0. The van der Waals surface area contributed by atoms with Crippen LogP contribution in [-0.2, 0) is 0 Å². The first-order valence-corrected chi connectivity index (χ1v) is 5.81. The molecule has 1 N–H and O–H groups in total. The Bertz CT molecular complexity index is 207. The lowest BCUT2D eigenvalue weighted by Crippen LogP contribution is -2.42. The lowest BCUT2D eigenvalue weighted by molar-refractivity contribution is 0.204. The first-order chi connectivity index (χ1) is 6.75. The second kappa shape index (κ2) is 4.20. The van der Waals surface area contributed by atoms with Crippen molar-refractivity contribution in [3.8, 4) is 0 Å². The summed E-state index contributed by atoms with van der Waals surface area (Å²) in [7, 11) is 0. The summed E-state index contributed by atoms with van der Waals surface area (Å²) in [6.45, 7) is 4.01. The molecule has 1 heterocycles. The van der Waals surface area contributed by atoms with E-state index >= 15 is 0 Å². The first-order valence-electron chi connectivity index (χ1n) is 5.81. The maximum Gasteiger partial charge on any atom is 0.317 e. The van der Waals surface area contributed by atoms with Crippen LogP contribution in [0.1, 0.15) is 39.0 Å². The van der Waals surface area contributed by atoms with Crippen LogP contribution in [0.2, 0.25) is 0 Å². The Morgan fingerprint density at radius 3 is 2.64 bits per heavy atom. The first kappa shape index (κ1) is 9.81. The summed E-state index contributed by atoms with van der Waals surface area (Å²) in [5, 5.41) is 3.08. The van der Waals surface area contributed by atoms with Gasteiger partial charge in [0.1, 0.15) is 0 Å². The maximum atomic E-state index is 11.7. The zero-order valence-electron chi connectivity index (χ0n) is 8.96. The Labute approximate surface area is 85.8 Å². The smallest absolute Gasteiger partial charge is 0.317 e. The molecule has 0 spiro atoms. The van der Waals surface area contributed by atoms with Crippen molar-refractivity contribution in [3.63, 3.8) is 0 Å². The lowest BCUT2D eigenvalue weighted by atomic mass is 10.2. The second-order valence-electron chi connectivity index (χ2n) is 4.72. The minimum absolute atomic E-state index is 0.149. The van der Waals surface area contributed by atoms with Crippen LogP contribution < -0.4 is 5.32 Å². The minimum Gasteiger partial charge on any atom is -0.336 e. The van der Waals surface area contributed by atoms with Crippen LogP contribution in [0.25, 0.3) is 0 Å². The molecular formula is C11H20N2O. The highest BCUT2D eigenvalue weighted by Gasteiger charge is 2.25. The summed E-state index contributed by atoms with van der Waals surface area (Å²) >= 11 is 0. The van der Waals surface area contributed by atoms with Crippen LogP contribution >= 0.6 is 0 Å². The molecule has 2 aliphatic rings. The molecule has 1 saturated carbocycles. The van der Waals surface area contributed by atoms with Gasteiger partial charge in [0.25, 0.3) is 0 Å². The molecule has 0 aromatic rings. The zero-order valence-corrected chi connectivity index (χ0v) is 8.96. The van der Waals surface area contributed by atoms with Crippen LogP contribution in [0.4, 0.5) is 4.79 Å². The molecular weight excluding hydrogens is 176 g/mol. The summed E-state index contributed by atoms with van der Waals surface area (Å²) in [4.78, 5) is 13.6. The number of urea groups is 1. The third kappa shape index (κ3) is 2.63. The van der Waals surface area contributed by atoms with E-state index in [2.05, 4.69) is 12.2 Å². The molecule has 2 fully saturated rings. The van der Waals surface area contributed by atoms with Crippen molar-refractivity contribution in [3.05, 3.63) is 0 Å². The molecule has 0 radical (unpaired) electrons. The molecule has 2 rings (SSSR count). The van der Waals surface area contributed by atoms with Crippen LogP contribution in [0, 0.1) is 5.92 Å². The third-order valence-corrected chi connectivity index (χ3v) is 3.15. The molecule has 2 amide bonds. The van der Waals surface area contributed by atoms with Gasteiger partial charge in [-0.1, -0.05) is 12.8 Å². The molecule has 80 valence electrons. The van der Waals surface area contributed by atoms with E-state index in [1.54, 1.807) is 0 Å². The van der Waals surface area contributed by atoms with Crippen LogP contribution in [0.5, 0.6) is 0 Å². The number of hydrogen-bond donors (Lipinski definition) is 1. The number of hydrogen-bond acceptors (Lipinski definition) is 1. The largest absolute Gasteiger partial charge is 0.336 e. The number of carbonyl (C=O) groups excluding carboxylic acids is 1. The molecule has 0 aromatic carbocycles. The summed E-state index contributed by atoms with van der Waals surface area (Å²) < 4.78 is 0. The molecule has 1 atom stereocenters. The van der Waals surface area contributed by atoms with Gasteiger partial charge in [-0.15, -0.1) is 0 Å². The van der Waals surface area contributed by atoms with Gasteiger partial charge in [-0.3, -0.25) is 0 Å². The fourth-order valence-corrected chi connectivity index (χ4v) is 2.13. The zero-order chi connectivity index (χ0) is 9.97. The van der Waals surface area contributed by atoms with Crippen molar-refractivity contribution in [1.82, 2.24) is 10.2 Å². The van der Waals surface area contributed by atoms with Crippen molar-refractivity contribution < 1.29 is 4.79 Å². The average molecular weight is 196 g/mol. The van der Waals surface area contributed by atoms with Gasteiger partial charge in [0.05, 0.1) is 0 Å². The fourth-order valence-electron chi connectivity index (χ4n) is 2.13. The van der Waals surface area contributed by atoms with Crippen LogP contribution in [-0.4, -0.2) is 30.1 Å². The Hall–Kier alpha value is -0.730. The van der Waals surface area contributed by atoms with Crippen molar-refractivity contribution in [2.24, 2.45) is 5.92 Å². The molecule has 0 bridgehead atoms. The molecule has 14 heavy (non-hydrogen) atoms. The molecule has 3 heteroatoms. The predicted octanol–water partition coefficient (Wildman–Crippen LogP) is 1.98. The number of amides is 2. The number of carbonyl (C=O) groups is 1. The minimum atomic E-state index is 0.149. The SMILES string of the molecule is CC(CC1CC1)NC(=O)N1CCCC1. The van der Waals surface area contributed by atoms with Gasteiger partial charge in [0, 0.05) is 19.1 Å². The maximum absolute atomic E-state index is 11.7. The Balaban J connectivity index is 1.69. The number of nitrogens with one attached hydrogen (secondary N) is 1. The van der Waals surface area contributed by atoms with E-state index in [9.17, 15) is 4.79 Å². The van der Waals surface area contributed by atoms with Crippen LogP contribution in [0.3, 0.4) is 0 Å². The standard InChI is InChI=1S/C11H20N2O/c1-9(8-10-4-5-10)12-11(14)13-6-2-3-7-13/h9-10H,2-8H2,1H3,(H,12,14). The Kier molecular flexibility index (Phi) is 2.94. The Morgan fingerprint density at radius 1 is 1.43 bits per heavy atom. The summed E-state index contributed by atoms with van der Waals surface area (Å²) in [5.74, 6) is 0.892. The molecule has 1 unspecified atom stereocenters. The van der Waals surface area contributed by atoms with E-state index < -0.39 is 0 Å². The third-order valence-electron chi connectivity index (χ3n) is 3.15. The van der Waals surface area contributed by atoms with Crippen molar-refractivity contribution in [2.45, 2.75) is 45.1 Å². The normalized spacial score (nSPS) is 23.6. The predicted molar refractivity (Wildman–Crippen MR) is 56.1 cm³/mol. The highest BCUT2D eigenvalue weighted by atomic mass is 16.2. The summed E-state index contributed by atoms with van der Waals surface area (Å²) in [6.07, 6.45) is 6.24. The molecule has 1 aliphatic carbocycles. The monoisotopic (exact) mass is 196 g/mol. The van der Waals surface area contributed by atoms with E-state index in [0.717, 1.165) is 19.0 Å². The molecule has 0 aromatic heterocycles. The highest BCUT2D eigenvalue weighted by Crippen LogP contribution is 2.33. The second-order valence-corrected chi connectivity index (χ2v) is 4.72. The van der Waals surface area contributed by atoms with Gasteiger partial charge in [0.15, 0.2) is 0 Å². The lowest BCUT2D eigenvalue weighted by Gasteiger charge is -2.20. The average Bonchev–Trinajstić information content (AvgIpc) is 2.80. The van der Waals surface area contributed by atoms with E-state index in [1.807, 2.05) is 4.90 Å². The van der Waals surface area contributed by atoms with E-state index in [4.69, 9.17) is 0 Å². The number of likely N-dealkylation sites (tertiary alicyclic amines) is 1. The van der Waals surface area contributed by atoms with E-state index in [-0.39, 0.29) is 6.03 Å². The van der Waals surface area contributed by atoms with Crippen molar-refractivity contribution in [1.29, 1.82) is 0 Å². The molecule has 3 nitrogen and oxygen atoms in total. The van der Waals surface area contributed by atoms with Gasteiger partial charge in [0.2, 0.25) is 0 Å². The van der Waals surface area contributed by atoms with E-state index in [0.29, 0.717) is 6.04 Å². The molecule has 1 saturated heterocycles. The van der Waals surface area contributed by atoms with E-state index in [1.165, 1.54) is 32.1 Å². The van der Waals surface area contributed by atoms with Gasteiger partial charge >= 0.3 is 6.03 Å². The topological polar surface area (TPSA) is 32.3 Å². The quantitative estimate of drug-likeness (QED) is 0.735. The molecule has 1 aliphatic heterocycles. The van der Waals surface area contributed by atoms with Gasteiger partial charge in [-0.05, 0) is 32.1 Å².